The molecule has 1 heterocycles. The highest BCUT2D eigenvalue weighted by atomic mass is 32.2. The normalized spacial score (nSPS) is 16.8. The third kappa shape index (κ3) is 2.87. The molecule has 0 saturated carbocycles. The Bertz CT molecular complexity index is 975. The second-order valence-corrected chi connectivity index (χ2v) is 7.66. The van der Waals surface area contributed by atoms with Gasteiger partial charge >= 0.3 is 0 Å². The van der Waals surface area contributed by atoms with Crippen LogP contribution in [-0.4, -0.2) is 17.5 Å². The molecule has 5 heteroatoms. The van der Waals surface area contributed by atoms with Gasteiger partial charge in [-0.3, -0.25) is 0 Å². The number of rotatable bonds is 2. The van der Waals surface area contributed by atoms with Crippen LogP contribution in [0.1, 0.15) is 44.1 Å². The quantitative estimate of drug-likeness (QED) is 0.745. The summed E-state index contributed by atoms with van der Waals surface area (Å²) in [4.78, 5) is 0.237. The fourth-order valence-corrected chi connectivity index (χ4v) is 5.08. The molecule has 1 atom stereocenters. The van der Waals surface area contributed by atoms with Gasteiger partial charge in [0.15, 0.2) is 0 Å². The Hall–Kier alpha value is -2.11. The van der Waals surface area contributed by atoms with E-state index in [1.54, 1.807) is 36.4 Å². The van der Waals surface area contributed by atoms with Crippen LogP contribution in [0.3, 0.4) is 0 Å². The van der Waals surface area contributed by atoms with Gasteiger partial charge in [-0.25, -0.2) is 12.4 Å². The Morgan fingerprint density at radius 3 is 2.36 bits per heavy atom. The van der Waals surface area contributed by atoms with Gasteiger partial charge in [-0.2, -0.15) is 0 Å². The van der Waals surface area contributed by atoms with E-state index in [1.165, 1.54) is 3.97 Å². The lowest BCUT2D eigenvalue weighted by molar-refractivity contribution is 0.151. The molecule has 1 N–H and O–H groups in total. The predicted octanol–water partition coefficient (Wildman–Crippen LogP) is 4.27. The fourth-order valence-electron chi connectivity index (χ4n) is 3.46. The molecule has 4 rings (SSSR count). The van der Waals surface area contributed by atoms with E-state index in [0.717, 1.165) is 23.8 Å². The number of aliphatic hydroxyl groups excluding tert-OH is 1. The molecule has 0 spiro atoms. The average molecular weight is 357 g/mol. The summed E-state index contributed by atoms with van der Waals surface area (Å²) in [6, 6.07) is 15.9. The van der Waals surface area contributed by atoms with E-state index in [9.17, 15) is 13.5 Å². The summed E-state index contributed by atoms with van der Waals surface area (Å²) in [5, 5.41) is 11.4. The van der Waals surface area contributed by atoms with Gasteiger partial charge in [0.05, 0.1) is 22.2 Å². The number of aryl methyl sites for hydroxylation is 1. The van der Waals surface area contributed by atoms with Gasteiger partial charge in [-0.05, 0) is 43.0 Å². The molecule has 0 bridgehead atoms. The highest BCUT2D eigenvalue weighted by molar-refractivity contribution is 7.90. The zero-order valence-electron chi connectivity index (χ0n) is 14.5. The lowest BCUT2D eigenvalue weighted by Crippen LogP contribution is -2.20. The molecule has 0 amide bonds. The largest absolute Gasteiger partial charge is 0.387 e. The van der Waals surface area contributed by atoms with Crippen LogP contribution in [0.2, 0.25) is 0 Å². The minimum Gasteiger partial charge on any atom is -0.387 e. The van der Waals surface area contributed by atoms with Crippen molar-refractivity contribution in [2.24, 2.45) is 0 Å². The number of aromatic nitrogens is 1. The van der Waals surface area contributed by atoms with Crippen LogP contribution in [0.4, 0.5) is 0 Å². The molecule has 0 radical (unpaired) electrons. The summed E-state index contributed by atoms with van der Waals surface area (Å²) >= 11 is 0. The Kier molecular flexibility index (Phi) is 4.97. The van der Waals surface area contributed by atoms with Gasteiger partial charge in [-0.15, -0.1) is 0 Å². The first-order valence-electron chi connectivity index (χ1n) is 8.71. The molecule has 1 unspecified atom stereocenters. The number of nitrogens with zero attached hydrogens (tertiary/aromatic N) is 1. The van der Waals surface area contributed by atoms with Crippen molar-refractivity contribution in [3.8, 4) is 0 Å². The molecule has 0 saturated heterocycles. The van der Waals surface area contributed by atoms with Gasteiger partial charge in [0.1, 0.15) is 0 Å². The maximum absolute atomic E-state index is 13.2. The number of para-hydroxylation sites is 1. The topological polar surface area (TPSA) is 59.3 Å². The molecular formula is C20H23NO3S. The second kappa shape index (κ2) is 7.02. The molecule has 1 aliphatic carbocycles. The summed E-state index contributed by atoms with van der Waals surface area (Å²) in [6.07, 6.45) is 1.51. The van der Waals surface area contributed by atoms with Crippen LogP contribution in [0.15, 0.2) is 59.5 Å². The van der Waals surface area contributed by atoms with E-state index in [0.29, 0.717) is 17.6 Å². The molecular weight excluding hydrogens is 334 g/mol. The van der Waals surface area contributed by atoms with E-state index < -0.39 is 16.1 Å². The van der Waals surface area contributed by atoms with E-state index in [2.05, 4.69) is 0 Å². The Balaban J connectivity index is 0.000000880. The van der Waals surface area contributed by atoms with Crippen molar-refractivity contribution in [1.82, 2.24) is 3.97 Å². The number of fused-ring (bicyclic) bond motifs is 3. The van der Waals surface area contributed by atoms with Crippen LogP contribution in [0.5, 0.6) is 0 Å². The van der Waals surface area contributed by atoms with Crippen molar-refractivity contribution in [3.05, 3.63) is 65.9 Å². The number of aliphatic hydroxyl groups is 1. The van der Waals surface area contributed by atoms with Gasteiger partial charge in [0, 0.05) is 5.39 Å². The third-order valence-corrected chi connectivity index (χ3v) is 6.22. The molecule has 4 nitrogen and oxygen atoms in total. The number of hydrogen-bond acceptors (Lipinski definition) is 3. The minimum atomic E-state index is -3.74. The van der Waals surface area contributed by atoms with Crippen molar-refractivity contribution >= 4 is 20.9 Å². The summed E-state index contributed by atoms with van der Waals surface area (Å²) < 4.78 is 27.7. The average Bonchev–Trinajstić information content (AvgIpc) is 3.01. The maximum Gasteiger partial charge on any atom is 0.268 e. The molecule has 132 valence electrons. The number of hydrogen-bond donors (Lipinski definition) is 1. The smallest absolute Gasteiger partial charge is 0.268 e. The molecule has 3 aromatic rings. The van der Waals surface area contributed by atoms with Crippen LogP contribution in [0, 0.1) is 0 Å². The highest BCUT2D eigenvalue weighted by Crippen LogP contribution is 2.39. The van der Waals surface area contributed by atoms with E-state index in [1.807, 2.05) is 32.0 Å². The number of benzene rings is 2. The first kappa shape index (κ1) is 17.7. The van der Waals surface area contributed by atoms with E-state index in [4.69, 9.17) is 0 Å². The van der Waals surface area contributed by atoms with Gasteiger partial charge in [0.2, 0.25) is 0 Å². The summed E-state index contributed by atoms with van der Waals surface area (Å²) in [5.41, 5.74) is 2.13. The van der Waals surface area contributed by atoms with Crippen LogP contribution >= 0.6 is 0 Å². The Morgan fingerprint density at radius 2 is 1.64 bits per heavy atom. The molecule has 1 aromatic heterocycles. The molecule has 0 fully saturated rings. The molecule has 0 aliphatic heterocycles. The Labute approximate surface area is 148 Å². The van der Waals surface area contributed by atoms with Crippen molar-refractivity contribution in [2.75, 3.05) is 0 Å². The van der Waals surface area contributed by atoms with Crippen LogP contribution in [0.25, 0.3) is 10.9 Å². The van der Waals surface area contributed by atoms with E-state index in [-0.39, 0.29) is 4.90 Å². The van der Waals surface area contributed by atoms with Gasteiger partial charge in [-0.1, -0.05) is 50.2 Å². The fraction of sp³-hybridized carbons (Fsp3) is 0.300. The van der Waals surface area contributed by atoms with Crippen molar-refractivity contribution < 1.29 is 13.5 Å². The van der Waals surface area contributed by atoms with Crippen LogP contribution < -0.4 is 0 Å². The first-order valence-corrected chi connectivity index (χ1v) is 10.2. The zero-order valence-corrected chi connectivity index (χ0v) is 15.3. The lowest BCUT2D eigenvalue weighted by Gasteiger charge is -2.21. The predicted molar refractivity (Wildman–Crippen MR) is 100 cm³/mol. The SMILES string of the molecule is CC.O=S(=O)(c1ccccc1)n1c2c(c3ccccc31)CCCC2O. The van der Waals surface area contributed by atoms with Crippen molar-refractivity contribution in [1.29, 1.82) is 0 Å². The van der Waals surface area contributed by atoms with Gasteiger partial charge in [0.25, 0.3) is 10.0 Å². The van der Waals surface area contributed by atoms with Crippen molar-refractivity contribution in [3.63, 3.8) is 0 Å². The second-order valence-electron chi connectivity index (χ2n) is 5.87. The third-order valence-electron chi connectivity index (χ3n) is 4.48. The maximum atomic E-state index is 13.2. The molecule has 2 aromatic carbocycles. The summed E-state index contributed by atoms with van der Waals surface area (Å²) in [7, 11) is -3.74. The lowest BCUT2D eigenvalue weighted by atomic mass is 9.94. The minimum absolute atomic E-state index is 0.237. The van der Waals surface area contributed by atoms with Crippen LogP contribution in [-0.2, 0) is 16.4 Å². The van der Waals surface area contributed by atoms with E-state index >= 15 is 0 Å². The zero-order chi connectivity index (χ0) is 18.0. The monoisotopic (exact) mass is 357 g/mol. The summed E-state index contributed by atoms with van der Waals surface area (Å²) in [6.45, 7) is 4.00. The first-order chi connectivity index (χ1) is 12.1. The molecule has 25 heavy (non-hydrogen) atoms. The standard InChI is InChI=1S/C18H17NO3S.C2H6/c20-17-12-6-10-15-14-9-4-5-11-16(14)19(18(15)17)23(21,22)13-7-2-1-3-8-13;1-2/h1-5,7-9,11,17,20H,6,10,12H2;1-2H3. The van der Waals surface area contributed by atoms with Gasteiger partial charge < -0.3 is 5.11 Å². The molecule has 1 aliphatic rings. The van der Waals surface area contributed by atoms with Crippen molar-refractivity contribution in [2.45, 2.75) is 44.1 Å². The Morgan fingerprint density at radius 1 is 1.00 bits per heavy atom. The summed E-state index contributed by atoms with van der Waals surface area (Å²) in [5.74, 6) is 0. The highest BCUT2D eigenvalue weighted by Gasteiger charge is 2.32.